The van der Waals surface area contributed by atoms with Crippen LogP contribution in [0.4, 0.5) is 11.4 Å². The van der Waals surface area contributed by atoms with Crippen molar-refractivity contribution >= 4 is 39.6 Å². The van der Waals surface area contributed by atoms with Gasteiger partial charge in [0.05, 0.1) is 47.8 Å². The predicted molar refractivity (Wildman–Crippen MR) is 188 cm³/mol. The first-order valence-electron chi connectivity index (χ1n) is 15.3. The molecule has 6 rings (SSSR count). The fourth-order valence-electron chi connectivity index (χ4n) is 5.98. The molecule has 2 aromatic heterocycles. The van der Waals surface area contributed by atoms with E-state index in [1.165, 1.54) is 0 Å². The highest BCUT2D eigenvalue weighted by atomic mass is 16.5. The summed E-state index contributed by atoms with van der Waals surface area (Å²) in [4.78, 5) is 10.5. The second-order valence-corrected chi connectivity index (χ2v) is 10.6. The zero-order valence-electron chi connectivity index (χ0n) is 27.1. The van der Waals surface area contributed by atoms with Gasteiger partial charge in [-0.05, 0) is 73.5 Å². The molecule has 236 valence electrons. The predicted octanol–water partition coefficient (Wildman–Crippen LogP) is 8.03. The zero-order valence-corrected chi connectivity index (χ0v) is 27.1. The molecule has 0 unspecified atom stereocenters. The van der Waals surface area contributed by atoms with Crippen molar-refractivity contribution in [3.8, 4) is 46.2 Å². The molecule has 1 amide bonds. The lowest BCUT2D eigenvalue weighted by Crippen LogP contribution is -1.98. The van der Waals surface area contributed by atoms with E-state index in [1.54, 1.807) is 14.2 Å². The van der Waals surface area contributed by atoms with Gasteiger partial charge >= 0.3 is 0 Å². The molecule has 2 N–H and O–H groups in total. The van der Waals surface area contributed by atoms with Gasteiger partial charge in [0.2, 0.25) is 6.41 Å². The lowest BCUT2D eigenvalue weighted by Gasteiger charge is -2.10. The van der Waals surface area contributed by atoms with Crippen LogP contribution in [-0.2, 0) is 17.9 Å². The van der Waals surface area contributed by atoms with Gasteiger partial charge in [0, 0.05) is 54.4 Å². The Morgan fingerprint density at radius 3 is 1.45 bits per heavy atom. The molecule has 47 heavy (non-hydrogen) atoms. The number of ether oxygens (including phenoxy) is 2. The van der Waals surface area contributed by atoms with Crippen molar-refractivity contribution in [3.63, 3.8) is 0 Å². The van der Waals surface area contributed by atoms with Crippen LogP contribution in [0.3, 0.4) is 0 Å². The molecule has 0 radical (unpaired) electrons. The summed E-state index contributed by atoms with van der Waals surface area (Å²) in [5.41, 5.74) is 8.92. The van der Waals surface area contributed by atoms with Gasteiger partial charge in [0.15, 0.2) is 0 Å². The largest absolute Gasteiger partial charge is 0.497 e. The standard InChI is InChI=1S/C19H17N3O2.C19H19N3O/c1-3-22-18-10-15(24-2)8-9-16(18)17(11-20)19(22)13-4-6-14(7-5-13)21-12-23;1-4-22-18-11-15(23-3)9-10-16(18)17(12-20)19(22)13-5-7-14(21-2)8-6-13/h4-10,12H,3H2,1-2H3,(H,21,23);5-11,21H,4H2,1-3H3. The Balaban J connectivity index is 0.000000185. The first-order valence-corrected chi connectivity index (χ1v) is 15.3. The van der Waals surface area contributed by atoms with E-state index in [2.05, 4.69) is 38.8 Å². The number of nitrogens with one attached hydrogen (secondary N) is 2. The number of rotatable bonds is 9. The third-order valence-corrected chi connectivity index (χ3v) is 8.23. The van der Waals surface area contributed by atoms with Crippen molar-refractivity contribution in [1.82, 2.24) is 9.13 Å². The van der Waals surface area contributed by atoms with Crippen LogP contribution >= 0.6 is 0 Å². The van der Waals surface area contributed by atoms with Gasteiger partial charge in [0.1, 0.15) is 23.6 Å². The Bertz CT molecular complexity index is 2130. The fourth-order valence-corrected chi connectivity index (χ4v) is 5.98. The van der Waals surface area contributed by atoms with E-state index in [1.807, 2.05) is 98.9 Å². The summed E-state index contributed by atoms with van der Waals surface area (Å²) in [6.07, 6.45) is 0.644. The maximum Gasteiger partial charge on any atom is 0.211 e. The van der Waals surface area contributed by atoms with Gasteiger partial charge in [-0.1, -0.05) is 24.3 Å². The molecule has 0 aliphatic rings. The average Bonchev–Trinajstić information content (AvgIpc) is 3.62. The van der Waals surface area contributed by atoms with Gasteiger partial charge in [0.25, 0.3) is 0 Å². The van der Waals surface area contributed by atoms with Crippen molar-refractivity contribution < 1.29 is 14.3 Å². The average molecular weight is 625 g/mol. The van der Waals surface area contributed by atoms with Crippen LogP contribution < -0.4 is 20.1 Å². The molecule has 2 heterocycles. The molecular formula is C38H36N6O3. The van der Waals surface area contributed by atoms with Crippen molar-refractivity contribution in [2.24, 2.45) is 0 Å². The Hall–Kier alpha value is -6.19. The number of hydrogen-bond acceptors (Lipinski definition) is 6. The van der Waals surface area contributed by atoms with Crippen LogP contribution in [0.25, 0.3) is 44.3 Å². The molecule has 0 aliphatic carbocycles. The van der Waals surface area contributed by atoms with E-state index in [9.17, 15) is 15.3 Å². The number of benzene rings is 4. The Labute approximate surface area is 274 Å². The maximum absolute atomic E-state index is 10.5. The van der Waals surface area contributed by atoms with E-state index >= 15 is 0 Å². The monoisotopic (exact) mass is 624 g/mol. The first-order chi connectivity index (χ1) is 23.0. The van der Waals surface area contributed by atoms with E-state index < -0.39 is 0 Å². The minimum atomic E-state index is 0.644. The smallest absolute Gasteiger partial charge is 0.211 e. The van der Waals surface area contributed by atoms with Gasteiger partial charge in [-0.25, -0.2) is 0 Å². The SMILES string of the molecule is CCn1c(-c2ccc(NC)cc2)c(C#N)c2ccc(OC)cc21.CCn1c(-c2ccc(NC=O)cc2)c(C#N)c2ccc(OC)cc21. The fraction of sp³-hybridized carbons (Fsp3) is 0.184. The maximum atomic E-state index is 10.5. The summed E-state index contributed by atoms with van der Waals surface area (Å²) >= 11 is 0. The third kappa shape index (κ3) is 6.07. The first kappa shape index (κ1) is 32.2. The molecule has 9 heteroatoms. The second kappa shape index (κ2) is 14.3. The molecular weight excluding hydrogens is 588 g/mol. The van der Waals surface area contributed by atoms with Crippen molar-refractivity contribution in [1.29, 1.82) is 10.5 Å². The molecule has 0 fully saturated rings. The number of carbonyl (C=O) groups is 1. The van der Waals surface area contributed by atoms with E-state index in [-0.39, 0.29) is 0 Å². The number of fused-ring (bicyclic) bond motifs is 2. The molecule has 0 bridgehead atoms. The molecule has 6 aromatic rings. The highest BCUT2D eigenvalue weighted by Gasteiger charge is 2.20. The minimum absolute atomic E-state index is 0.644. The van der Waals surface area contributed by atoms with Crippen LogP contribution in [0.15, 0.2) is 84.9 Å². The number of hydrogen-bond donors (Lipinski definition) is 2. The van der Waals surface area contributed by atoms with Gasteiger partial charge in [-0.2, -0.15) is 10.5 Å². The Morgan fingerprint density at radius 2 is 1.11 bits per heavy atom. The van der Waals surface area contributed by atoms with E-state index in [0.29, 0.717) is 23.2 Å². The summed E-state index contributed by atoms with van der Waals surface area (Å²) in [5, 5.41) is 27.0. The number of aromatic nitrogens is 2. The third-order valence-electron chi connectivity index (χ3n) is 8.23. The highest BCUT2D eigenvalue weighted by Crippen LogP contribution is 2.37. The van der Waals surface area contributed by atoms with Crippen molar-refractivity contribution in [2.75, 3.05) is 31.9 Å². The molecule has 0 aliphatic heterocycles. The summed E-state index contributed by atoms with van der Waals surface area (Å²) in [6.45, 7) is 5.65. The normalized spacial score (nSPS) is 10.4. The summed E-state index contributed by atoms with van der Waals surface area (Å²) < 4.78 is 14.9. The Kier molecular flexibility index (Phi) is 9.78. The molecule has 9 nitrogen and oxygen atoms in total. The van der Waals surface area contributed by atoms with Crippen LogP contribution in [0.2, 0.25) is 0 Å². The highest BCUT2D eigenvalue weighted by molar-refractivity contribution is 5.96. The number of anilines is 2. The lowest BCUT2D eigenvalue weighted by molar-refractivity contribution is -0.105. The summed E-state index contributed by atoms with van der Waals surface area (Å²) in [6, 6.07) is 31.9. The number of carbonyl (C=O) groups excluding carboxylic acids is 1. The van der Waals surface area contributed by atoms with Gasteiger partial charge in [-0.3, -0.25) is 4.79 Å². The van der Waals surface area contributed by atoms with Crippen LogP contribution in [0, 0.1) is 22.7 Å². The number of aryl methyl sites for hydroxylation is 2. The topological polar surface area (TPSA) is 117 Å². The molecule has 0 saturated heterocycles. The lowest BCUT2D eigenvalue weighted by atomic mass is 10.1. The number of nitriles is 2. The van der Waals surface area contributed by atoms with Crippen LogP contribution in [-0.4, -0.2) is 36.8 Å². The van der Waals surface area contributed by atoms with Gasteiger partial charge in [-0.15, -0.1) is 0 Å². The number of methoxy groups -OCH3 is 2. The van der Waals surface area contributed by atoms with E-state index in [0.717, 1.165) is 74.6 Å². The van der Waals surface area contributed by atoms with E-state index in [4.69, 9.17) is 9.47 Å². The van der Waals surface area contributed by atoms with Crippen LogP contribution in [0.1, 0.15) is 25.0 Å². The molecule has 0 atom stereocenters. The number of amides is 1. The summed E-state index contributed by atoms with van der Waals surface area (Å²) in [7, 11) is 5.18. The van der Waals surface area contributed by atoms with Gasteiger partial charge < -0.3 is 29.2 Å². The zero-order chi connectivity index (χ0) is 33.5. The second-order valence-electron chi connectivity index (χ2n) is 10.6. The molecule has 0 spiro atoms. The Morgan fingerprint density at radius 1 is 0.681 bits per heavy atom. The quantitative estimate of drug-likeness (QED) is 0.157. The minimum Gasteiger partial charge on any atom is -0.497 e. The molecule has 4 aromatic carbocycles. The van der Waals surface area contributed by atoms with Crippen molar-refractivity contribution in [3.05, 3.63) is 96.1 Å². The van der Waals surface area contributed by atoms with Crippen LogP contribution in [0.5, 0.6) is 11.5 Å². The summed E-state index contributed by atoms with van der Waals surface area (Å²) in [5.74, 6) is 1.56. The van der Waals surface area contributed by atoms with Crippen molar-refractivity contribution in [2.45, 2.75) is 26.9 Å². The molecule has 0 saturated carbocycles. The number of nitrogens with zero attached hydrogens (tertiary/aromatic N) is 4.